The van der Waals surface area contributed by atoms with Crippen molar-refractivity contribution in [2.45, 2.75) is 18.2 Å². The number of methoxy groups -OCH3 is 1. The predicted molar refractivity (Wildman–Crippen MR) is 71.9 cm³/mol. The average Bonchev–Trinajstić information content (AvgIpc) is 2.35. The first-order chi connectivity index (χ1) is 8.43. The summed E-state index contributed by atoms with van der Waals surface area (Å²) in [4.78, 5) is 0.218. The van der Waals surface area contributed by atoms with E-state index in [-0.39, 0.29) is 4.90 Å². The smallest absolute Gasteiger partial charge is 0.242 e. The van der Waals surface area contributed by atoms with E-state index in [0.29, 0.717) is 18.8 Å². The summed E-state index contributed by atoms with van der Waals surface area (Å²) >= 11 is 0. The number of ether oxygens (including phenoxy) is 1. The first-order valence-corrected chi connectivity index (χ1v) is 7.21. The zero-order chi connectivity index (χ0) is 13.8. The van der Waals surface area contributed by atoms with E-state index in [4.69, 9.17) is 10.5 Å². The molecule has 0 saturated carbocycles. The van der Waals surface area contributed by atoms with Crippen LogP contribution in [0.25, 0.3) is 0 Å². The topological polar surface area (TPSA) is 72.6 Å². The second-order valence-electron chi connectivity index (χ2n) is 4.03. The van der Waals surface area contributed by atoms with Gasteiger partial charge in [-0.15, -0.1) is 0 Å². The molecule has 0 amide bonds. The van der Waals surface area contributed by atoms with Gasteiger partial charge in [0, 0.05) is 26.4 Å². The molecule has 1 rings (SSSR count). The van der Waals surface area contributed by atoms with Gasteiger partial charge in [-0.25, -0.2) is 8.42 Å². The van der Waals surface area contributed by atoms with Crippen LogP contribution in [0.2, 0.25) is 0 Å². The van der Waals surface area contributed by atoms with Crippen LogP contribution in [0.3, 0.4) is 0 Å². The van der Waals surface area contributed by atoms with Gasteiger partial charge in [-0.1, -0.05) is 13.0 Å². The van der Waals surface area contributed by atoms with E-state index in [1.807, 2.05) is 6.92 Å². The lowest BCUT2D eigenvalue weighted by Crippen LogP contribution is -2.30. The Morgan fingerprint density at radius 3 is 2.56 bits per heavy atom. The van der Waals surface area contributed by atoms with Gasteiger partial charge in [-0.2, -0.15) is 4.31 Å². The van der Waals surface area contributed by atoms with E-state index in [1.54, 1.807) is 12.1 Å². The molecule has 0 atom stereocenters. The van der Waals surface area contributed by atoms with Crippen LogP contribution in [0.1, 0.15) is 12.5 Å². The number of rotatable bonds is 6. The van der Waals surface area contributed by atoms with Crippen LogP contribution in [0.4, 0.5) is 5.69 Å². The number of nitrogens with zero attached hydrogens (tertiary/aromatic N) is 1. The van der Waals surface area contributed by atoms with E-state index >= 15 is 0 Å². The molecule has 0 spiro atoms. The maximum Gasteiger partial charge on any atom is 0.242 e. The molecule has 0 aromatic heterocycles. The normalized spacial score (nSPS) is 12.0. The third kappa shape index (κ3) is 3.22. The summed E-state index contributed by atoms with van der Waals surface area (Å²) in [6.45, 7) is 2.65. The largest absolute Gasteiger partial charge is 0.398 e. The molecule has 6 heteroatoms. The summed E-state index contributed by atoms with van der Waals surface area (Å²) < 4.78 is 30.5. The second-order valence-corrected chi connectivity index (χ2v) is 6.08. The third-order valence-corrected chi connectivity index (χ3v) is 4.67. The molecule has 2 N–H and O–H groups in total. The van der Waals surface area contributed by atoms with Crippen LogP contribution in [0, 0.1) is 0 Å². The second kappa shape index (κ2) is 6.17. The zero-order valence-corrected chi connectivity index (χ0v) is 11.8. The summed E-state index contributed by atoms with van der Waals surface area (Å²) in [6.07, 6.45) is 0.783. The van der Waals surface area contributed by atoms with Gasteiger partial charge in [0.1, 0.15) is 0 Å². The molecule has 5 nitrogen and oxygen atoms in total. The van der Waals surface area contributed by atoms with Crippen molar-refractivity contribution in [1.82, 2.24) is 4.31 Å². The fourth-order valence-electron chi connectivity index (χ4n) is 1.58. The molecule has 0 radical (unpaired) electrons. The number of nitrogens with two attached hydrogens (primary N) is 1. The average molecular weight is 272 g/mol. The van der Waals surface area contributed by atoms with Gasteiger partial charge in [-0.3, -0.25) is 0 Å². The van der Waals surface area contributed by atoms with Gasteiger partial charge >= 0.3 is 0 Å². The molecule has 0 aliphatic heterocycles. The van der Waals surface area contributed by atoms with E-state index in [0.717, 1.165) is 12.0 Å². The molecule has 102 valence electrons. The highest BCUT2D eigenvalue weighted by molar-refractivity contribution is 7.89. The Bertz CT molecular complexity index is 500. The Hall–Kier alpha value is -1.11. The fourth-order valence-corrected chi connectivity index (χ4v) is 2.77. The molecule has 0 unspecified atom stereocenters. The number of nitrogen functional groups attached to an aromatic ring is 1. The Kier molecular flexibility index (Phi) is 5.13. The molecule has 0 aliphatic rings. The van der Waals surface area contributed by atoms with Crippen LogP contribution in [0.5, 0.6) is 0 Å². The molecular weight excluding hydrogens is 252 g/mol. The molecule has 1 aromatic rings. The molecule has 18 heavy (non-hydrogen) atoms. The number of anilines is 1. The SMILES string of the molecule is CCc1ccc(S(=O)(=O)N(C)CCOC)cc1N. The van der Waals surface area contributed by atoms with E-state index in [1.165, 1.54) is 24.5 Å². The lowest BCUT2D eigenvalue weighted by atomic mass is 10.1. The molecule has 0 saturated heterocycles. The lowest BCUT2D eigenvalue weighted by molar-refractivity contribution is 0.185. The molecule has 0 fully saturated rings. The van der Waals surface area contributed by atoms with Gasteiger partial charge in [0.05, 0.1) is 11.5 Å². The Morgan fingerprint density at radius 2 is 2.06 bits per heavy atom. The van der Waals surface area contributed by atoms with Crippen LogP contribution >= 0.6 is 0 Å². The number of hydrogen-bond donors (Lipinski definition) is 1. The molecule has 0 heterocycles. The van der Waals surface area contributed by atoms with Crippen molar-refractivity contribution in [2.75, 3.05) is 33.0 Å². The Labute approximate surface area is 109 Å². The summed E-state index contributed by atoms with van der Waals surface area (Å²) in [5.74, 6) is 0. The van der Waals surface area contributed by atoms with Gasteiger partial charge in [0.15, 0.2) is 0 Å². The van der Waals surface area contributed by atoms with Gasteiger partial charge in [0.2, 0.25) is 10.0 Å². The first-order valence-electron chi connectivity index (χ1n) is 5.77. The third-order valence-electron chi connectivity index (χ3n) is 2.82. The van der Waals surface area contributed by atoms with Crippen molar-refractivity contribution in [1.29, 1.82) is 0 Å². The highest BCUT2D eigenvalue weighted by Gasteiger charge is 2.20. The van der Waals surface area contributed by atoms with Crippen molar-refractivity contribution in [3.05, 3.63) is 23.8 Å². The van der Waals surface area contributed by atoms with E-state index in [2.05, 4.69) is 0 Å². The number of benzene rings is 1. The maximum atomic E-state index is 12.2. The number of likely N-dealkylation sites (N-methyl/N-ethyl adjacent to an activating group) is 1. The highest BCUT2D eigenvalue weighted by Crippen LogP contribution is 2.20. The summed E-state index contributed by atoms with van der Waals surface area (Å²) in [7, 11) is -0.423. The maximum absolute atomic E-state index is 12.2. The van der Waals surface area contributed by atoms with Crippen molar-refractivity contribution in [2.24, 2.45) is 0 Å². The highest BCUT2D eigenvalue weighted by atomic mass is 32.2. The fraction of sp³-hybridized carbons (Fsp3) is 0.500. The predicted octanol–water partition coefficient (Wildman–Crippen LogP) is 1.10. The van der Waals surface area contributed by atoms with Crippen LogP contribution in [-0.4, -0.2) is 40.0 Å². The minimum atomic E-state index is -3.49. The van der Waals surface area contributed by atoms with Crippen molar-refractivity contribution in [3.8, 4) is 0 Å². The minimum Gasteiger partial charge on any atom is -0.398 e. The first kappa shape index (κ1) is 14.9. The van der Waals surface area contributed by atoms with Crippen molar-refractivity contribution < 1.29 is 13.2 Å². The molecule has 0 bridgehead atoms. The van der Waals surface area contributed by atoms with Gasteiger partial charge < -0.3 is 10.5 Å². The van der Waals surface area contributed by atoms with Crippen LogP contribution < -0.4 is 5.73 Å². The summed E-state index contributed by atoms with van der Waals surface area (Å²) in [5, 5.41) is 0. The zero-order valence-electron chi connectivity index (χ0n) is 11.0. The van der Waals surface area contributed by atoms with Crippen molar-refractivity contribution >= 4 is 15.7 Å². The van der Waals surface area contributed by atoms with E-state index in [9.17, 15) is 8.42 Å². The lowest BCUT2D eigenvalue weighted by Gasteiger charge is -2.17. The van der Waals surface area contributed by atoms with Crippen LogP contribution in [-0.2, 0) is 21.2 Å². The molecule has 1 aromatic carbocycles. The molecular formula is C12H20N2O3S. The Morgan fingerprint density at radius 1 is 1.39 bits per heavy atom. The molecule has 0 aliphatic carbocycles. The summed E-state index contributed by atoms with van der Waals surface area (Å²) in [5.41, 5.74) is 7.29. The monoisotopic (exact) mass is 272 g/mol. The number of sulfonamides is 1. The van der Waals surface area contributed by atoms with E-state index < -0.39 is 10.0 Å². The van der Waals surface area contributed by atoms with Crippen molar-refractivity contribution in [3.63, 3.8) is 0 Å². The van der Waals surface area contributed by atoms with Crippen LogP contribution in [0.15, 0.2) is 23.1 Å². The van der Waals surface area contributed by atoms with Gasteiger partial charge in [-0.05, 0) is 24.1 Å². The quantitative estimate of drug-likeness (QED) is 0.787. The number of hydrogen-bond acceptors (Lipinski definition) is 4. The standard InChI is InChI=1S/C12H20N2O3S/c1-4-10-5-6-11(9-12(10)13)18(15,16)14(2)7-8-17-3/h5-6,9H,4,7-8,13H2,1-3H3. The minimum absolute atomic E-state index is 0.218. The summed E-state index contributed by atoms with van der Waals surface area (Å²) in [6, 6.07) is 4.86. The van der Waals surface area contributed by atoms with Gasteiger partial charge in [0.25, 0.3) is 0 Å². The number of aryl methyl sites for hydroxylation is 1. The Balaban J connectivity index is 3.01.